The van der Waals surface area contributed by atoms with Gasteiger partial charge in [0.2, 0.25) is 5.91 Å². The smallest absolute Gasteiger partial charge is 0.257 e. The van der Waals surface area contributed by atoms with Crippen LogP contribution in [0.2, 0.25) is 0 Å². The zero-order chi connectivity index (χ0) is 18.9. The van der Waals surface area contributed by atoms with E-state index in [1.54, 1.807) is 36.7 Å². The number of carbonyl (C=O) groups is 2. The number of nitrogens with zero attached hydrogens (tertiary/aromatic N) is 2. The van der Waals surface area contributed by atoms with Crippen LogP contribution in [-0.4, -0.2) is 29.9 Å². The highest BCUT2D eigenvalue weighted by Crippen LogP contribution is 2.18. The zero-order valence-electron chi connectivity index (χ0n) is 15.6. The van der Waals surface area contributed by atoms with Crippen LogP contribution >= 0.6 is 0 Å². The Balaban J connectivity index is 2.09. The quantitative estimate of drug-likeness (QED) is 0.753. The van der Waals surface area contributed by atoms with Crippen molar-refractivity contribution in [3.05, 3.63) is 48.3 Å². The minimum Gasteiger partial charge on any atom is -0.370 e. The predicted molar refractivity (Wildman–Crippen MR) is 106 cm³/mol. The van der Waals surface area contributed by atoms with Crippen molar-refractivity contribution < 1.29 is 9.59 Å². The van der Waals surface area contributed by atoms with Crippen molar-refractivity contribution in [1.29, 1.82) is 0 Å². The normalized spacial score (nSPS) is 10.3. The van der Waals surface area contributed by atoms with Gasteiger partial charge in [-0.3, -0.25) is 14.6 Å². The summed E-state index contributed by atoms with van der Waals surface area (Å²) in [6.45, 7) is 7.60. The lowest BCUT2D eigenvalue weighted by Gasteiger charge is -2.23. The zero-order valence-corrected chi connectivity index (χ0v) is 15.6. The van der Waals surface area contributed by atoms with E-state index in [2.05, 4.69) is 34.4 Å². The first-order valence-electron chi connectivity index (χ1n) is 8.92. The number of nitrogens with one attached hydrogen (secondary N) is 2. The highest BCUT2D eigenvalue weighted by Gasteiger charge is 2.11. The summed E-state index contributed by atoms with van der Waals surface area (Å²) >= 11 is 0. The standard InChI is InChI=1S/C20H26N4O2/c1-4-10-24(11-5-2)19-12-16(13-21-14-19)20(26)23-18-8-6-17(7-9-18)22-15(3)25/h6-9,12-14H,4-5,10-11H2,1-3H3,(H,22,25)(H,23,26). The lowest BCUT2D eigenvalue weighted by molar-refractivity contribution is -0.114. The third-order valence-corrected chi connectivity index (χ3v) is 3.80. The van der Waals surface area contributed by atoms with Gasteiger partial charge in [-0.05, 0) is 43.2 Å². The summed E-state index contributed by atoms with van der Waals surface area (Å²) in [4.78, 5) is 30.0. The lowest BCUT2D eigenvalue weighted by Crippen LogP contribution is -2.25. The molecule has 0 spiro atoms. The van der Waals surface area contributed by atoms with Crippen molar-refractivity contribution in [3.8, 4) is 0 Å². The van der Waals surface area contributed by atoms with E-state index in [1.165, 1.54) is 6.92 Å². The number of anilines is 3. The van der Waals surface area contributed by atoms with Crippen LogP contribution in [0.3, 0.4) is 0 Å². The van der Waals surface area contributed by atoms with Gasteiger partial charge in [-0.25, -0.2) is 0 Å². The Kier molecular flexibility index (Phi) is 7.14. The summed E-state index contributed by atoms with van der Waals surface area (Å²) in [6, 6.07) is 8.87. The van der Waals surface area contributed by atoms with Crippen molar-refractivity contribution >= 4 is 28.9 Å². The van der Waals surface area contributed by atoms with Crippen LogP contribution in [0, 0.1) is 0 Å². The predicted octanol–water partition coefficient (Wildman–Crippen LogP) is 3.92. The molecule has 2 N–H and O–H groups in total. The number of rotatable bonds is 8. The molecule has 2 rings (SSSR count). The molecule has 6 heteroatoms. The van der Waals surface area contributed by atoms with Crippen LogP contribution in [0.25, 0.3) is 0 Å². The van der Waals surface area contributed by atoms with E-state index in [0.29, 0.717) is 16.9 Å². The van der Waals surface area contributed by atoms with Crippen molar-refractivity contribution in [3.63, 3.8) is 0 Å². The van der Waals surface area contributed by atoms with E-state index < -0.39 is 0 Å². The van der Waals surface area contributed by atoms with Crippen molar-refractivity contribution in [2.24, 2.45) is 0 Å². The molecular formula is C20H26N4O2. The summed E-state index contributed by atoms with van der Waals surface area (Å²) in [7, 11) is 0. The van der Waals surface area contributed by atoms with E-state index in [4.69, 9.17) is 0 Å². The number of benzene rings is 1. The third kappa shape index (κ3) is 5.58. The number of aromatic nitrogens is 1. The summed E-state index contributed by atoms with van der Waals surface area (Å²) in [5, 5.41) is 5.55. The molecule has 0 aliphatic heterocycles. The van der Waals surface area contributed by atoms with Gasteiger partial charge >= 0.3 is 0 Å². The molecule has 2 amide bonds. The Morgan fingerprint density at radius 1 is 0.962 bits per heavy atom. The Bertz CT molecular complexity index is 738. The van der Waals surface area contributed by atoms with Gasteiger partial charge in [-0.15, -0.1) is 0 Å². The van der Waals surface area contributed by atoms with Crippen molar-refractivity contribution in [2.45, 2.75) is 33.6 Å². The third-order valence-electron chi connectivity index (χ3n) is 3.80. The van der Waals surface area contributed by atoms with Gasteiger partial charge in [-0.1, -0.05) is 13.8 Å². The second-order valence-corrected chi connectivity index (χ2v) is 6.13. The van der Waals surface area contributed by atoms with Gasteiger partial charge in [0.15, 0.2) is 0 Å². The van der Waals surface area contributed by atoms with Crippen LogP contribution in [0.5, 0.6) is 0 Å². The van der Waals surface area contributed by atoms with E-state index in [0.717, 1.165) is 31.6 Å². The van der Waals surface area contributed by atoms with Gasteiger partial charge in [-0.2, -0.15) is 0 Å². The van der Waals surface area contributed by atoms with Crippen LogP contribution in [0.15, 0.2) is 42.7 Å². The summed E-state index contributed by atoms with van der Waals surface area (Å²) in [5.41, 5.74) is 2.83. The molecule has 138 valence electrons. The van der Waals surface area contributed by atoms with Crippen LogP contribution in [-0.2, 0) is 4.79 Å². The van der Waals surface area contributed by atoms with Gasteiger partial charge in [0.25, 0.3) is 5.91 Å². The summed E-state index contributed by atoms with van der Waals surface area (Å²) in [5.74, 6) is -0.340. The molecule has 26 heavy (non-hydrogen) atoms. The Morgan fingerprint density at radius 3 is 2.08 bits per heavy atom. The molecule has 0 saturated heterocycles. The number of hydrogen-bond donors (Lipinski definition) is 2. The Labute approximate surface area is 154 Å². The molecule has 0 aliphatic rings. The minimum absolute atomic E-state index is 0.131. The molecule has 0 radical (unpaired) electrons. The van der Waals surface area contributed by atoms with E-state index in [-0.39, 0.29) is 11.8 Å². The number of amides is 2. The number of hydrogen-bond acceptors (Lipinski definition) is 4. The second kappa shape index (κ2) is 9.56. The minimum atomic E-state index is -0.209. The SMILES string of the molecule is CCCN(CCC)c1cncc(C(=O)Nc2ccc(NC(C)=O)cc2)c1. The fraction of sp³-hybridized carbons (Fsp3) is 0.350. The molecule has 0 saturated carbocycles. The molecule has 1 aromatic carbocycles. The maximum atomic E-state index is 12.5. The number of pyridine rings is 1. The van der Waals surface area contributed by atoms with E-state index >= 15 is 0 Å². The second-order valence-electron chi connectivity index (χ2n) is 6.13. The topological polar surface area (TPSA) is 74.3 Å². The first kappa shape index (κ1) is 19.4. The highest BCUT2D eigenvalue weighted by molar-refractivity contribution is 6.04. The molecule has 6 nitrogen and oxygen atoms in total. The van der Waals surface area contributed by atoms with E-state index in [9.17, 15) is 9.59 Å². The van der Waals surface area contributed by atoms with Crippen LogP contribution < -0.4 is 15.5 Å². The molecule has 0 unspecified atom stereocenters. The highest BCUT2D eigenvalue weighted by atomic mass is 16.2. The molecular weight excluding hydrogens is 328 g/mol. The first-order valence-corrected chi connectivity index (χ1v) is 8.92. The molecule has 0 bridgehead atoms. The maximum absolute atomic E-state index is 12.5. The van der Waals surface area contributed by atoms with Crippen LogP contribution in [0.4, 0.5) is 17.1 Å². The fourth-order valence-corrected chi connectivity index (χ4v) is 2.68. The van der Waals surface area contributed by atoms with Gasteiger partial charge < -0.3 is 15.5 Å². The molecule has 2 aromatic rings. The maximum Gasteiger partial charge on any atom is 0.257 e. The average Bonchev–Trinajstić information content (AvgIpc) is 2.63. The van der Waals surface area contributed by atoms with Gasteiger partial charge in [0, 0.05) is 37.6 Å². The summed E-state index contributed by atoms with van der Waals surface area (Å²) in [6.07, 6.45) is 5.44. The molecule has 0 atom stereocenters. The molecule has 1 heterocycles. The monoisotopic (exact) mass is 354 g/mol. The van der Waals surface area contributed by atoms with Crippen molar-refractivity contribution in [1.82, 2.24) is 4.98 Å². The average molecular weight is 354 g/mol. The Morgan fingerprint density at radius 2 is 1.54 bits per heavy atom. The molecule has 0 fully saturated rings. The molecule has 1 aromatic heterocycles. The first-order chi connectivity index (χ1) is 12.5. The fourth-order valence-electron chi connectivity index (χ4n) is 2.68. The number of carbonyl (C=O) groups excluding carboxylic acids is 2. The van der Waals surface area contributed by atoms with Gasteiger partial charge in [0.1, 0.15) is 0 Å². The van der Waals surface area contributed by atoms with Crippen LogP contribution in [0.1, 0.15) is 44.0 Å². The van der Waals surface area contributed by atoms with Crippen molar-refractivity contribution in [2.75, 3.05) is 28.6 Å². The lowest BCUT2D eigenvalue weighted by atomic mass is 10.2. The largest absolute Gasteiger partial charge is 0.370 e. The van der Waals surface area contributed by atoms with E-state index in [1.807, 2.05) is 6.07 Å². The van der Waals surface area contributed by atoms with Gasteiger partial charge in [0.05, 0.1) is 17.4 Å². The molecule has 0 aliphatic carbocycles. The summed E-state index contributed by atoms with van der Waals surface area (Å²) < 4.78 is 0. The Hall–Kier alpha value is -2.89.